The van der Waals surface area contributed by atoms with Crippen LogP contribution in [0.5, 0.6) is 5.75 Å². The number of pyridine rings is 1. The summed E-state index contributed by atoms with van der Waals surface area (Å²) >= 11 is 1.83. The normalized spacial score (nSPS) is 22.9. The van der Waals surface area contributed by atoms with Crippen LogP contribution in [0.3, 0.4) is 0 Å². The summed E-state index contributed by atoms with van der Waals surface area (Å²) in [5.41, 5.74) is 1.84. The van der Waals surface area contributed by atoms with Gasteiger partial charge in [-0.1, -0.05) is 6.58 Å². The molecule has 4 heterocycles. The zero-order valence-electron chi connectivity index (χ0n) is 24.4. The first kappa shape index (κ1) is 30.2. The molecule has 3 saturated heterocycles. The monoisotopic (exact) mass is 569 g/mol. The van der Waals surface area contributed by atoms with E-state index >= 15 is 0 Å². The van der Waals surface area contributed by atoms with Gasteiger partial charge in [0.25, 0.3) is 0 Å². The number of rotatable bonds is 11. The van der Waals surface area contributed by atoms with Crippen molar-refractivity contribution in [3.8, 4) is 5.75 Å². The van der Waals surface area contributed by atoms with Crippen LogP contribution in [0, 0.1) is 11.8 Å². The Morgan fingerprint density at radius 3 is 2.73 bits per heavy atom. The topological polar surface area (TPSA) is 90.0 Å². The van der Waals surface area contributed by atoms with Gasteiger partial charge in [0.1, 0.15) is 18.5 Å². The van der Waals surface area contributed by atoms with Crippen LogP contribution in [0.1, 0.15) is 58.6 Å². The molecule has 40 heavy (non-hydrogen) atoms. The molecule has 0 aliphatic carbocycles. The largest absolute Gasteiger partial charge is 0.497 e. The minimum absolute atomic E-state index is 0.0896. The van der Waals surface area contributed by atoms with Crippen LogP contribution < -0.4 is 10.1 Å². The molecule has 1 N–H and O–H groups in total. The number of hydrogen-bond donors (Lipinski definition) is 1. The number of amides is 1. The highest BCUT2D eigenvalue weighted by molar-refractivity contribution is 7.99. The summed E-state index contributed by atoms with van der Waals surface area (Å²) in [5, 5.41) is 3.92. The summed E-state index contributed by atoms with van der Waals surface area (Å²) in [6.07, 6.45) is 4.22. The number of ether oxygens (including phenoxy) is 3. The molecule has 0 spiro atoms. The van der Waals surface area contributed by atoms with E-state index in [2.05, 4.69) is 21.8 Å². The third-order valence-corrected chi connectivity index (χ3v) is 8.71. The van der Waals surface area contributed by atoms with Crippen molar-refractivity contribution in [1.29, 1.82) is 0 Å². The number of carbonyl (C=O) groups is 2. The Bertz CT molecular complexity index is 1210. The maximum absolute atomic E-state index is 13.1. The molecule has 1 aromatic carbocycles. The van der Waals surface area contributed by atoms with Crippen LogP contribution in [0.15, 0.2) is 42.6 Å². The molecule has 3 aliphatic rings. The first-order valence-electron chi connectivity index (χ1n) is 14.1. The van der Waals surface area contributed by atoms with E-state index in [0.717, 1.165) is 66.1 Å². The van der Waals surface area contributed by atoms with Gasteiger partial charge in [0.15, 0.2) is 0 Å². The second-order valence-corrected chi connectivity index (χ2v) is 13.1. The fourth-order valence-corrected chi connectivity index (χ4v) is 6.67. The molecule has 1 amide bonds. The minimum Gasteiger partial charge on any atom is -0.497 e. The molecule has 2 bridgehead atoms. The Kier molecular flexibility index (Phi) is 10.0. The second kappa shape index (κ2) is 13.3. The number of fused-ring (bicyclic) bond motifs is 4. The third kappa shape index (κ3) is 7.69. The number of thioether (sulfide) groups is 1. The van der Waals surface area contributed by atoms with Crippen molar-refractivity contribution in [2.24, 2.45) is 11.8 Å². The van der Waals surface area contributed by atoms with Gasteiger partial charge in [-0.3, -0.25) is 9.88 Å². The predicted molar refractivity (Wildman–Crippen MR) is 160 cm³/mol. The Labute approximate surface area is 242 Å². The van der Waals surface area contributed by atoms with Gasteiger partial charge in [-0.05, 0) is 95.4 Å². The highest BCUT2D eigenvalue weighted by atomic mass is 32.2. The predicted octanol–water partition coefficient (Wildman–Crippen LogP) is 5.76. The van der Waals surface area contributed by atoms with Gasteiger partial charge in [-0.15, -0.1) is 0 Å². The van der Waals surface area contributed by atoms with E-state index in [1.165, 1.54) is 0 Å². The number of carbonyl (C=O) groups excluding carboxylic acids is 2. The first-order chi connectivity index (χ1) is 19.1. The fraction of sp³-hybridized carbons (Fsp3) is 0.581. The average Bonchev–Trinajstić information content (AvgIpc) is 2.92. The number of benzene rings is 1. The number of piperidine rings is 3. The van der Waals surface area contributed by atoms with Crippen molar-refractivity contribution in [2.75, 3.05) is 38.3 Å². The zero-order chi connectivity index (χ0) is 28.9. The Morgan fingerprint density at radius 2 is 2.05 bits per heavy atom. The Morgan fingerprint density at radius 1 is 1.25 bits per heavy atom. The highest BCUT2D eigenvalue weighted by Crippen LogP contribution is 2.44. The van der Waals surface area contributed by atoms with Gasteiger partial charge in [-0.2, -0.15) is 11.8 Å². The van der Waals surface area contributed by atoms with Crippen LogP contribution in [-0.2, 0) is 14.3 Å². The molecule has 5 rings (SSSR count). The minimum atomic E-state index is -0.430. The number of aromatic nitrogens is 1. The maximum atomic E-state index is 13.1. The van der Waals surface area contributed by atoms with Gasteiger partial charge in [0.2, 0.25) is 0 Å². The van der Waals surface area contributed by atoms with Crippen molar-refractivity contribution in [2.45, 2.75) is 64.6 Å². The molecular formula is C31H43N3O5S. The fourth-order valence-electron chi connectivity index (χ4n) is 5.80. The van der Waals surface area contributed by atoms with E-state index in [0.29, 0.717) is 24.0 Å². The van der Waals surface area contributed by atoms with Crippen molar-refractivity contribution in [3.05, 3.63) is 48.2 Å². The molecule has 0 radical (unpaired) electrons. The highest BCUT2D eigenvalue weighted by Gasteiger charge is 2.45. The lowest BCUT2D eigenvalue weighted by molar-refractivity contribution is -0.138. The van der Waals surface area contributed by atoms with Crippen LogP contribution >= 0.6 is 11.8 Å². The summed E-state index contributed by atoms with van der Waals surface area (Å²) in [6.45, 7) is 13.6. The van der Waals surface area contributed by atoms with E-state index in [1.807, 2.05) is 56.8 Å². The molecule has 0 saturated carbocycles. The summed E-state index contributed by atoms with van der Waals surface area (Å²) in [5.74, 6) is 3.44. The molecule has 2 aromatic rings. The number of hydrogen-bond acceptors (Lipinski definition) is 8. The number of nitrogens with zero attached hydrogens (tertiary/aromatic N) is 2. The number of esters is 1. The molecule has 218 valence electrons. The van der Waals surface area contributed by atoms with E-state index in [9.17, 15) is 9.59 Å². The molecule has 3 fully saturated rings. The van der Waals surface area contributed by atoms with E-state index in [1.54, 1.807) is 20.2 Å². The summed E-state index contributed by atoms with van der Waals surface area (Å²) in [7, 11) is 1.65. The SMILES string of the molecule is C=C(C)C(=O)OCCSCC[C@H]1CN2CC[C@H]1C[C@@H]2[C@@H](OC(=O)NC(C)(C)C)c1ccnc2ccc(OC)cc12. The lowest BCUT2D eigenvalue weighted by Crippen LogP contribution is -2.56. The molecule has 3 aliphatic heterocycles. The Balaban J connectivity index is 1.47. The lowest BCUT2D eigenvalue weighted by atomic mass is 9.72. The van der Waals surface area contributed by atoms with Crippen molar-refractivity contribution in [1.82, 2.24) is 15.2 Å². The number of alkyl carbamates (subject to hydrolysis) is 1. The van der Waals surface area contributed by atoms with Gasteiger partial charge in [0.05, 0.1) is 18.7 Å². The smallest absolute Gasteiger partial charge is 0.408 e. The van der Waals surface area contributed by atoms with Gasteiger partial charge < -0.3 is 19.5 Å². The van der Waals surface area contributed by atoms with E-state index in [-0.39, 0.29) is 12.0 Å². The van der Waals surface area contributed by atoms with Crippen LogP contribution in [0.25, 0.3) is 10.9 Å². The molecular weight excluding hydrogens is 526 g/mol. The van der Waals surface area contributed by atoms with Crippen molar-refractivity contribution >= 4 is 34.7 Å². The average molecular weight is 570 g/mol. The molecule has 9 heteroatoms. The maximum Gasteiger partial charge on any atom is 0.408 e. The number of methoxy groups -OCH3 is 1. The van der Waals surface area contributed by atoms with Crippen LogP contribution in [-0.4, -0.2) is 71.8 Å². The summed E-state index contributed by atoms with van der Waals surface area (Å²) < 4.78 is 17.0. The molecule has 1 unspecified atom stereocenters. The van der Waals surface area contributed by atoms with Crippen LogP contribution in [0.2, 0.25) is 0 Å². The van der Waals surface area contributed by atoms with Crippen LogP contribution in [0.4, 0.5) is 4.79 Å². The second-order valence-electron chi connectivity index (χ2n) is 11.9. The van der Waals surface area contributed by atoms with Crippen molar-refractivity contribution in [3.63, 3.8) is 0 Å². The lowest BCUT2D eigenvalue weighted by Gasteiger charge is -2.52. The molecule has 8 nitrogen and oxygen atoms in total. The molecule has 1 aromatic heterocycles. The number of nitrogens with one attached hydrogen (secondary N) is 1. The van der Waals surface area contributed by atoms with Gasteiger partial charge in [0, 0.05) is 40.6 Å². The van der Waals surface area contributed by atoms with Crippen molar-refractivity contribution < 1.29 is 23.8 Å². The quantitative estimate of drug-likeness (QED) is 0.208. The summed E-state index contributed by atoms with van der Waals surface area (Å²) in [4.78, 5) is 31.7. The van der Waals surface area contributed by atoms with Gasteiger partial charge >= 0.3 is 12.1 Å². The third-order valence-electron chi connectivity index (χ3n) is 7.73. The standard InChI is InChI=1S/C31H43N3O5S/c1-20(2)29(35)38-14-16-40-15-11-22-19-34-13-10-21(22)17-27(34)28(39-30(36)33-31(3,4)5)24-9-12-32-26-8-7-23(37-6)18-25(24)26/h7-9,12,18,21-22,27-28H,1,10-11,13-17,19H2,2-6H3,(H,33,36)/t21-,22-,27+,28-/m0/s1. The Hall–Kier alpha value is -2.78. The first-order valence-corrected chi connectivity index (χ1v) is 15.3. The van der Waals surface area contributed by atoms with E-state index in [4.69, 9.17) is 14.2 Å². The molecule has 5 atom stereocenters. The van der Waals surface area contributed by atoms with E-state index < -0.39 is 17.7 Å². The zero-order valence-corrected chi connectivity index (χ0v) is 25.2. The summed E-state index contributed by atoms with van der Waals surface area (Å²) in [6, 6.07) is 7.91. The van der Waals surface area contributed by atoms with Gasteiger partial charge in [-0.25, -0.2) is 9.59 Å².